The van der Waals surface area contributed by atoms with Gasteiger partial charge in [-0.15, -0.1) is 0 Å². The summed E-state index contributed by atoms with van der Waals surface area (Å²) in [6.07, 6.45) is 0.854. The lowest BCUT2D eigenvalue weighted by Crippen LogP contribution is -2.20. The van der Waals surface area contributed by atoms with Gasteiger partial charge >= 0.3 is 5.97 Å². The number of carboxylic acids is 1. The van der Waals surface area contributed by atoms with Crippen LogP contribution in [-0.2, 0) is 17.3 Å². The van der Waals surface area contributed by atoms with E-state index < -0.39 is 5.97 Å². The molecule has 3 heteroatoms. The van der Waals surface area contributed by atoms with Crippen molar-refractivity contribution in [2.24, 2.45) is 7.05 Å². The van der Waals surface area contributed by atoms with Gasteiger partial charge in [0.15, 0.2) is 0 Å². The van der Waals surface area contributed by atoms with Crippen LogP contribution in [0.3, 0.4) is 0 Å². The molecule has 0 aliphatic heterocycles. The predicted molar refractivity (Wildman–Crippen MR) is 77.6 cm³/mol. The summed E-state index contributed by atoms with van der Waals surface area (Å²) in [4.78, 5) is 10.8. The van der Waals surface area contributed by atoms with Gasteiger partial charge in [-0.2, -0.15) is 0 Å². The number of aromatic nitrogens is 1. The molecule has 3 nitrogen and oxygen atoms in total. The Kier molecular flexibility index (Phi) is 3.40. The van der Waals surface area contributed by atoms with Gasteiger partial charge in [-0.3, -0.25) is 4.79 Å². The van der Waals surface area contributed by atoms with E-state index in [9.17, 15) is 4.79 Å². The molecule has 19 heavy (non-hydrogen) atoms. The highest BCUT2D eigenvalue weighted by molar-refractivity contribution is 5.86. The molecule has 0 aliphatic carbocycles. The number of rotatable bonds is 4. The fraction of sp³-hybridized carbons (Fsp3) is 0.438. The number of carboxylic acid groups (broad SMARTS) is 1. The van der Waals surface area contributed by atoms with E-state index in [1.807, 2.05) is 12.1 Å². The van der Waals surface area contributed by atoms with Gasteiger partial charge in [-0.25, -0.2) is 0 Å². The zero-order chi connectivity index (χ0) is 14.2. The summed E-state index contributed by atoms with van der Waals surface area (Å²) >= 11 is 0. The number of aliphatic carboxylic acids is 1. The summed E-state index contributed by atoms with van der Waals surface area (Å²) in [6.45, 7) is 6.37. The Morgan fingerprint density at radius 2 is 1.95 bits per heavy atom. The number of fused-ring (bicyclic) bond motifs is 1. The third-order valence-electron chi connectivity index (χ3n) is 4.04. The standard InChI is InChI=1S/C16H21NO2/c1-11-15(16(2,3)10-9-14(18)19)12-7-5-6-8-13(12)17(11)4/h5-8H,9-10H2,1-4H3,(H,18,19). The second kappa shape index (κ2) is 4.72. The maximum atomic E-state index is 10.8. The van der Waals surface area contributed by atoms with Crippen LogP contribution in [-0.4, -0.2) is 15.6 Å². The summed E-state index contributed by atoms with van der Waals surface area (Å²) in [5.74, 6) is -0.731. The lowest BCUT2D eigenvalue weighted by atomic mass is 9.79. The minimum absolute atomic E-state index is 0.136. The topological polar surface area (TPSA) is 42.2 Å². The van der Waals surface area contributed by atoms with E-state index in [1.165, 1.54) is 22.2 Å². The van der Waals surface area contributed by atoms with E-state index in [0.29, 0.717) is 6.42 Å². The van der Waals surface area contributed by atoms with Gasteiger partial charge in [0.1, 0.15) is 0 Å². The molecule has 0 aliphatic rings. The first kappa shape index (κ1) is 13.7. The summed E-state index contributed by atoms with van der Waals surface area (Å²) in [5.41, 5.74) is 3.56. The van der Waals surface area contributed by atoms with Crippen molar-refractivity contribution in [3.05, 3.63) is 35.5 Å². The van der Waals surface area contributed by atoms with E-state index >= 15 is 0 Å². The first-order valence-corrected chi connectivity index (χ1v) is 6.61. The van der Waals surface area contributed by atoms with E-state index in [4.69, 9.17) is 5.11 Å². The number of nitrogens with zero attached hydrogens (tertiary/aromatic N) is 1. The van der Waals surface area contributed by atoms with Crippen LogP contribution in [0.5, 0.6) is 0 Å². The molecule has 0 radical (unpaired) electrons. The van der Waals surface area contributed by atoms with Crippen LogP contribution in [0.25, 0.3) is 10.9 Å². The summed E-state index contributed by atoms with van der Waals surface area (Å²) < 4.78 is 2.19. The number of carbonyl (C=O) groups is 1. The fourth-order valence-corrected chi connectivity index (χ4v) is 2.92. The minimum Gasteiger partial charge on any atom is -0.481 e. The molecule has 0 saturated carbocycles. The smallest absolute Gasteiger partial charge is 0.303 e. The van der Waals surface area contributed by atoms with Gasteiger partial charge in [0.05, 0.1) is 0 Å². The van der Waals surface area contributed by atoms with Gasteiger partial charge < -0.3 is 9.67 Å². The molecular formula is C16H21NO2. The Bertz CT molecular complexity index is 623. The molecular weight excluding hydrogens is 238 g/mol. The SMILES string of the molecule is Cc1c(C(C)(C)CCC(=O)O)c2ccccc2n1C. The number of hydrogen-bond donors (Lipinski definition) is 1. The molecule has 1 aromatic carbocycles. The second-order valence-corrected chi connectivity index (χ2v) is 5.81. The number of para-hydroxylation sites is 1. The molecule has 0 bridgehead atoms. The summed E-state index contributed by atoms with van der Waals surface area (Å²) in [6, 6.07) is 8.31. The fourth-order valence-electron chi connectivity index (χ4n) is 2.92. The maximum absolute atomic E-state index is 10.8. The van der Waals surface area contributed by atoms with Gasteiger partial charge in [-0.05, 0) is 30.4 Å². The van der Waals surface area contributed by atoms with Crippen LogP contribution < -0.4 is 0 Å². The summed E-state index contributed by atoms with van der Waals surface area (Å²) in [7, 11) is 2.06. The Labute approximate surface area is 113 Å². The first-order valence-electron chi connectivity index (χ1n) is 6.61. The van der Waals surface area contributed by atoms with E-state index in [0.717, 1.165) is 0 Å². The van der Waals surface area contributed by atoms with Crippen molar-refractivity contribution in [3.8, 4) is 0 Å². The Morgan fingerprint density at radius 1 is 1.32 bits per heavy atom. The number of benzene rings is 1. The van der Waals surface area contributed by atoms with Gasteiger partial charge in [0, 0.05) is 30.1 Å². The Balaban J connectivity index is 2.55. The Hall–Kier alpha value is -1.77. The van der Waals surface area contributed by atoms with Gasteiger partial charge in [0.25, 0.3) is 0 Å². The number of aryl methyl sites for hydroxylation is 1. The third kappa shape index (κ3) is 2.37. The molecule has 2 aromatic rings. The highest BCUT2D eigenvalue weighted by atomic mass is 16.4. The Morgan fingerprint density at radius 3 is 2.58 bits per heavy atom. The largest absolute Gasteiger partial charge is 0.481 e. The van der Waals surface area contributed by atoms with Crippen LogP contribution in [0.15, 0.2) is 24.3 Å². The molecule has 1 N–H and O–H groups in total. The van der Waals surface area contributed by atoms with E-state index in [1.54, 1.807) is 0 Å². The van der Waals surface area contributed by atoms with E-state index in [2.05, 4.69) is 44.5 Å². The molecule has 1 aromatic heterocycles. The van der Waals surface area contributed by atoms with Crippen molar-refractivity contribution < 1.29 is 9.90 Å². The maximum Gasteiger partial charge on any atom is 0.303 e. The molecule has 0 fully saturated rings. The second-order valence-electron chi connectivity index (χ2n) is 5.81. The van der Waals surface area contributed by atoms with Crippen molar-refractivity contribution >= 4 is 16.9 Å². The minimum atomic E-state index is -0.731. The predicted octanol–water partition coefficient (Wildman–Crippen LogP) is 3.63. The lowest BCUT2D eigenvalue weighted by molar-refractivity contribution is -0.137. The molecule has 1 heterocycles. The molecule has 0 spiro atoms. The average molecular weight is 259 g/mol. The zero-order valence-corrected chi connectivity index (χ0v) is 12.0. The van der Waals surface area contributed by atoms with Gasteiger partial charge in [-0.1, -0.05) is 32.0 Å². The molecule has 0 unspecified atom stereocenters. The van der Waals surface area contributed by atoms with Crippen LogP contribution in [0, 0.1) is 6.92 Å². The molecule has 2 rings (SSSR count). The highest BCUT2D eigenvalue weighted by Gasteiger charge is 2.27. The van der Waals surface area contributed by atoms with Crippen molar-refractivity contribution in [2.75, 3.05) is 0 Å². The zero-order valence-electron chi connectivity index (χ0n) is 12.0. The van der Waals surface area contributed by atoms with E-state index in [-0.39, 0.29) is 11.8 Å². The molecule has 0 amide bonds. The van der Waals surface area contributed by atoms with Crippen LogP contribution in [0.4, 0.5) is 0 Å². The monoisotopic (exact) mass is 259 g/mol. The van der Waals surface area contributed by atoms with Crippen LogP contribution >= 0.6 is 0 Å². The van der Waals surface area contributed by atoms with Crippen molar-refractivity contribution in [1.82, 2.24) is 4.57 Å². The molecule has 0 atom stereocenters. The average Bonchev–Trinajstić information content (AvgIpc) is 2.61. The normalized spacial score (nSPS) is 12.0. The number of hydrogen-bond acceptors (Lipinski definition) is 1. The van der Waals surface area contributed by atoms with Crippen molar-refractivity contribution in [2.45, 2.75) is 39.0 Å². The van der Waals surface area contributed by atoms with Crippen LogP contribution in [0.2, 0.25) is 0 Å². The third-order valence-corrected chi connectivity index (χ3v) is 4.04. The molecule has 0 saturated heterocycles. The van der Waals surface area contributed by atoms with Crippen LogP contribution in [0.1, 0.15) is 37.9 Å². The highest BCUT2D eigenvalue weighted by Crippen LogP contribution is 2.37. The van der Waals surface area contributed by atoms with Gasteiger partial charge in [0.2, 0.25) is 0 Å². The van der Waals surface area contributed by atoms with Crippen molar-refractivity contribution in [1.29, 1.82) is 0 Å². The van der Waals surface area contributed by atoms with Crippen molar-refractivity contribution in [3.63, 3.8) is 0 Å². The quantitative estimate of drug-likeness (QED) is 0.911. The lowest BCUT2D eigenvalue weighted by Gasteiger charge is -2.25. The molecule has 102 valence electrons. The first-order chi connectivity index (χ1) is 8.84. The summed E-state index contributed by atoms with van der Waals surface area (Å²) in [5, 5.41) is 10.1.